The summed E-state index contributed by atoms with van der Waals surface area (Å²) in [6, 6.07) is 0. The van der Waals surface area contributed by atoms with Gasteiger partial charge in [-0.15, -0.1) is 0 Å². The third-order valence-corrected chi connectivity index (χ3v) is 0.883. The summed E-state index contributed by atoms with van der Waals surface area (Å²) >= 11 is 0. The molecule has 0 aromatic carbocycles. The van der Waals surface area contributed by atoms with Gasteiger partial charge in [-0.1, -0.05) is 24.3 Å². The van der Waals surface area contributed by atoms with Crippen LogP contribution in [0.2, 0.25) is 0 Å². The molecule has 0 saturated carbocycles. The van der Waals surface area contributed by atoms with E-state index in [2.05, 4.69) is 44.3 Å². The molecule has 1 aliphatic carbocycles. The molecule has 92 valence electrons. The Hall–Kier alpha value is 0.198. The largest absolute Gasteiger partial charge is 0.577 e. The summed E-state index contributed by atoms with van der Waals surface area (Å²) in [6.07, 6.45) is 11.0. The predicted octanol–water partition coefficient (Wildman–Crippen LogP) is 4.20. The third-order valence-electron chi connectivity index (χ3n) is 0.883. The SMILES string of the molecule is C1=CCCC=C1.C[PH+](C)C.[CH3-].[CH3-].[N-]=O.[W]. The summed E-state index contributed by atoms with van der Waals surface area (Å²) < 4.78 is 0. The topological polar surface area (TPSA) is 39.4 Å². The molecule has 0 fully saturated rings. The average molecular weight is 401 g/mol. The summed E-state index contributed by atoms with van der Waals surface area (Å²) in [5, 5.41) is 0. The maximum absolute atomic E-state index is 7.25. The Labute approximate surface area is 111 Å². The number of rotatable bonds is 0. The molecule has 0 aliphatic heterocycles. The van der Waals surface area contributed by atoms with Crippen LogP contribution in [0, 0.1) is 19.8 Å². The van der Waals surface area contributed by atoms with E-state index in [1.807, 2.05) is 0 Å². The smallest absolute Gasteiger partial charge is 0.0461 e. The minimum Gasteiger partial charge on any atom is -0.577 e. The second-order valence-corrected chi connectivity index (χ2v) is 5.93. The molecule has 0 heterocycles. The van der Waals surface area contributed by atoms with E-state index < -0.39 is 0 Å². The molecular formula is C11H24NOPW-2. The third kappa shape index (κ3) is 55.0. The monoisotopic (exact) mass is 401 g/mol. The molecule has 2 nitrogen and oxygen atoms in total. The fourth-order valence-electron chi connectivity index (χ4n) is 0.542. The molecular weight excluding hydrogens is 377 g/mol. The van der Waals surface area contributed by atoms with E-state index in [0.29, 0.717) is 0 Å². The fraction of sp³-hybridized carbons (Fsp3) is 0.455. The minimum absolute atomic E-state index is 0. The second-order valence-electron chi connectivity index (χ2n) is 2.93. The van der Waals surface area contributed by atoms with Crippen molar-refractivity contribution in [1.82, 2.24) is 0 Å². The summed E-state index contributed by atoms with van der Waals surface area (Å²) in [5.41, 5.74) is 5.75. The molecule has 1 rings (SSSR count). The van der Waals surface area contributed by atoms with Crippen LogP contribution in [0.15, 0.2) is 24.3 Å². The first-order valence-corrected chi connectivity index (χ1v) is 7.00. The van der Waals surface area contributed by atoms with Gasteiger partial charge < -0.3 is 25.4 Å². The first-order chi connectivity index (χ1) is 5.73. The zero-order valence-electron chi connectivity index (χ0n) is 10.5. The molecule has 0 aromatic heterocycles. The summed E-state index contributed by atoms with van der Waals surface area (Å²) in [5.74, 6) is 0. The first-order valence-electron chi connectivity index (χ1n) is 4.00. The quantitative estimate of drug-likeness (QED) is 0.443. The van der Waals surface area contributed by atoms with Crippen LogP contribution in [-0.2, 0) is 21.1 Å². The minimum atomic E-state index is 0. The molecule has 0 N–H and O–H groups in total. The van der Waals surface area contributed by atoms with Crippen LogP contribution in [0.25, 0.3) is 5.59 Å². The van der Waals surface area contributed by atoms with E-state index >= 15 is 0 Å². The van der Waals surface area contributed by atoms with Crippen molar-refractivity contribution in [2.45, 2.75) is 12.8 Å². The number of nitroso groups, excluding NO2 is 1. The fourth-order valence-corrected chi connectivity index (χ4v) is 0.542. The maximum atomic E-state index is 7.25. The van der Waals surface area contributed by atoms with Gasteiger partial charge in [0.25, 0.3) is 0 Å². The van der Waals surface area contributed by atoms with Gasteiger partial charge in [-0.2, -0.15) is 0 Å². The van der Waals surface area contributed by atoms with Gasteiger partial charge in [-0.3, -0.25) is 0 Å². The van der Waals surface area contributed by atoms with Gasteiger partial charge in [0.1, 0.15) is 0 Å². The predicted molar refractivity (Wildman–Crippen MR) is 73.2 cm³/mol. The van der Waals surface area contributed by atoms with Crippen LogP contribution >= 0.6 is 7.92 Å². The number of hydrogen-bond acceptors (Lipinski definition) is 1. The molecule has 0 radical (unpaired) electrons. The zero-order chi connectivity index (χ0) is 9.82. The molecule has 4 heteroatoms. The Morgan fingerprint density at radius 1 is 0.933 bits per heavy atom. The van der Waals surface area contributed by atoms with Gasteiger partial charge in [-0.25, -0.2) is 0 Å². The summed E-state index contributed by atoms with van der Waals surface area (Å²) in [4.78, 5) is 7.25. The molecule has 0 atom stereocenters. The van der Waals surface area contributed by atoms with Gasteiger partial charge >= 0.3 is 0 Å². The molecule has 0 spiro atoms. The van der Waals surface area contributed by atoms with Gasteiger partial charge in [0.2, 0.25) is 0 Å². The summed E-state index contributed by atoms with van der Waals surface area (Å²) in [6.45, 7) is 6.81. The standard InChI is InChI=1S/C6H8.C3H9P.2CH3.NO.W/c1-2-4-6-5-3-1;1-4(2)3;;;1-2;/h1-4H,5-6H2;1-3H3;2*1H3;;/q;;3*-1;/p+1. The Bertz CT molecular complexity index is 124. The Morgan fingerprint density at radius 3 is 1.20 bits per heavy atom. The van der Waals surface area contributed by atoms with Gasteiger partial charge in [0, 0.05) is 41.1 Å². The van der Waals surface area contributed by atoms with E-state index in [9.17, 15) is 0 Å². The van der Waals surface area contributed by atoms with Crippen molar-refractivity contribution in [2.24, 2.45) is 0 Å². The Morgan fingerprint density at radius 2 is 1.13 bits per heavy atom. The second kappa shape index (κ2) is 29.2. The Kier molecular flexibility index (Phi) is 57.4. The van der Waals surface area contributed by atoms with Crippen LogP contribution in [-0.4, -0.2) is 20.0 Å². The molecule has 1 aliphatic rings. The van der Waals surface area contributed by atoms with Crippen molar-refractivity contribution in [2.75, 3.05) is 20.0 Å². The number of nitrogens with zero attached hydrogens (tertiary/aromatic N) is 1. The average Bonchev–Trinajstić information content (AvgIpc) is 2.10. The number of hydrogen-bond donors (Lipinski definition) is 0. The summed E-state index contributed by atoms with van der Waals surface area (Å²) in [7, 11) is 0.120. The molecule has 0 saturated heterocycles. The first kappa shape index (κ1) is 29.5. The normalized spacial score (nSPS) is 10.1. The number of allylic oxidation sites excluding steroid dienone is 4. The van der Waals surface area contributed by atoms with Crippen molar-refractivity contribution in [3.8, 4) is 0 Å². The van der Waals surface area contributed by atoms with E-state index in [1.165, 1.54) is 12.8 Å². The van der Waals surface area contributed by atoms with Crippen LogP contribution in [0.5, 0.6) is 0 Å². The van der Waals surface area contributed by atoms with Crippen molar-refractivity contribution >= 4 is 7.92 Å². The van der Waals surface area contributed by atoms with Gasteiger partial charge in [-0.05, 0) is 20.8 Å². The maximum Gasteiger partial charge on any atom is 0.0461 e. The molecule has 0 aromatic rings. The van der Waals surface area contributed by atoms with Crippen molar-refractivity contribution < 1.29 is 21.1 Å². The van der Waals surface area contributed by atoms with Crippen LogP contribution in [0.4, 0.5) is 0 Å². The van der Waals surface area contributed by atoms with Crippen LogP contribution in [0.1, 0.15) is 12.8 Å². The van der Waals surface area contributed by atoms with E-state index in [4.69, 9.17) is 10.5 Å². The molecule has 0 amide bonds. The van der Waals surface area contributed by atoms with Gasteiger partial charge in [0.05, 0.1) is 0 Å². The molecule has 0 bridgehead atoms. The van der Waals surface area contributed by atoms with Crippen molar-refractivity contribution in [3.63, 3.8) is 0 Å². The van der Waals surface area contributed by atoms with Crippen molar-refractivity contribution in [1.29, 1.82) is 0 Å². The van der Waals surface area contributed by atoms with Crippen LogP contribution in [0.3, 0.4) is 0 Å². The zero-order valence-corrected chi connectivity index (χ0v) is 14.4. The van der Waals surface area contributed by atoms with Crippen molar-refractivity contribution in [3.05, 3.63) is 49.7 Å². The van der Waals surface area contributed by atoms with Crippen LogP contribution < -0.4 is 0 Å². The van der Waals surface area contributed by atoms with E-state index in [1.54, 1.807) is 0 Å². The van der Waals surface area contributed by atoms with E-state index in [0.717, 1.165) is 0 Å². The van der Waals surface area contributed by atoms with Gasteiger partial charge in [0.15, 0.2) is 0 Å². The molecule has 0 unspecified atom stereocenters. The van der Waals surface area contributed by atoms with E-state index in [-0.39, 0.29) is 43.8 Å². The Balaban J connectivity index is -0.0000000339. The molecule has 15 heavy (non-hydrogen) atoms.